The molecule has 7 nitrogen and oxygen atoms in total. The van der Waals surface area contributed by atoms with Crippen LogP contribution in [0, 0.1) is 6.92 Å². The van der Waals surface area contributed by atoms with Crippen molar-refractivity contribution >= 4 is 11.7 Å². The van der Waals surface area contributed by atoms with Gasteiger partial charge in [0, 0.05) is 44.3 Å². The van der Waals surface area contributed by atoms with Gasteiger partial charge in [-0.2, -0.15) is 0 Å². The Morgan fingerprint density at radius 1 is 1.36 bits per heavy atom. The van der Waals surface area contributed by atoms with E-state index in [1.54, 1.807) is 18.1 Å². The molecule has 2 amide bonds. The number of nitrogens with one attached hydrogen (secondary N) is 2. The van der Waals surface area contributed by atoms with E-state index in [2.05, 4.69) is 26.3 Å². The summed E-state index contributed by atoms with van der Waals surface area (Å²) < 4.78 is 5.40. The van der Waals surface area contributed by atoms with Gasteiger partial charge in [0.2, 0.25) is 0 Å². The number of aryl methyl sites for hydroxylation is 1. The Labute approximate surface area is 148 Å². The minimum Gasteiger partial charge on any atom is -0.379 e. The molecule has 1 aromatic carbocycles. The normalized spacial score (nSPS) is 15.1. The molecule has 2 N–H and O–H groups in total. The highest BCUT2D eigenvalue weighted by Gasteiger charge is 2.15. The number of morpholine rings is 1. The monoisotopic (exact) mass is 343 g/mol. The van der Waals surface area contributed by atoms with Crippen molar-refractivity contribution < 1.29 is 9.53 Å². The van der Waals surface area contributed by atoms with Gasteiger partial charge in [-0.15, -0.1) is 0 Å². The van der Waals surface area contributed by atoms with Crippen molar-refractivity contribution in [2.45, 2.75) is 20.0 Å². The number of amides is 2. The number of urea groups is 1. The van der Waals surface area contributed by atoms with E-state index >= 15 is 0 Å². The van der Waals surface area contributed by atoms with Crippen molar-refractivity contribution in [1.29, 1.82) is 0 Å². The largest absolute Gasteiger partial charge is 0.379 e. The molecule has 1 aliphatic heterocycles. The first-order valence-electron chi connectivity index (χ1n) is 8.52. The van der Waals surface area contributed by atoms with E-state index in [0.29, 0.717) is 6.54 Å². The summed E-state index contributed by atoms with van der Waals surface area (Å²) >= 11 is 0. The van der Waals surface area contributed by atoms with E-state index in [1.807, 2.05) is 25.1 Å². The summed E-state index contributed by atoms with van der Waals surface area (Å²) in [5, 5.41) is 3.01. The summed E-state index contributed by atoms with van der Waals surface area (Å²) in [4.78, 5) is 23.8. The summed E-state index contributed by atoms with van der Waals surface area (Å²) in [6.45, 7) is 6.55. The number of carbonyl (C=O) groups excluding carboxylic acids is 1. The van der Waals surface area contributed by atoms with Crippen LogP contribution >= 0.6 is 0 Å². The summed E-state index contributed by atoms with van der Waals surface area (Å²) in [5.41, 5.74) is 2.95. The predicted octanol–water partition coefficient (Wildman–Crippen LogP) is 2.21. The van der Waals surface area contributed by atoms with E-state index in [4.69, 9.17) is 4.74 Å². The van der Waals surface area contributed by atoms with Crippen molar-refractivity contribution in [1.82, 2.24) is 19.8 Å². The molecule has 0 spiro atoms. The van der Waals surface area contributed by atoms with Gasteiger partial charge in [-0.3, -0.25) is 4.90 Å². The maximum atomic E-state index is 12.5. The second kappa shape index (κ2) is 8.13. The Morgan fingerprint density at radius 2 is 2.12 bits per heavy atom. The van der Waals surface area contributed by atoms with E-state index in [0.717, 1.165) is 55.6 Å². The number of H-pyrrole nitrogens is 1. The molecule has 0 saturated carbocycles. The van der Waals surface area contributed by atoms with Crippen LogP contribution in [-0.2, 0) is 17.8 Å². The van der Waals surface area contributed by atoms with Gasteiger partial charge in [-0.25, -0.2) is 9.78 Å². The highest BCUT2D eigenvalue weighted by atomic mass is 16.5. The van der Waals surface area contributed by atoms with Crippen molar-refractivity contribution in [3.8, 4) is 0 Å². The third-order valence-corrected chi connectivity index (χ3v) is 4.25. The lowest BCUT2D eigenvalue weighted by Crippen LogP contribution is -2.36. The topological polar surface area (TPSA) is 73.5 Å². The Balaban J connectivity index is 1.62. The molecule has 25 heavy (non-hydrogen) atoms. The number of ether oxygens (including phenoxy) is 1. The van der Waals surface area contributed by atoms with Gasteiger partial charge in [0.1, 0.15) is 5.82 Å². The number of anilines is 1. The van der Waals surface area contributed by atoms with Crippen molar-refractivity contribution in [2.24, 2.45) is 0 Å². The van der Waals surface area contributed by atoms with Crippen molar-refractivity contribution in [3.05, 3.63) is 47.5 Å². The molecule has 134 valence electrons. The number of imidazole rings is 1. The molecular weight excluding hydrogens is 318 g/mol. The molecule has 1 saturated heterocycles. The maximum absolute atomic E-state index is 12.5. The third kappa shape index (κ3) is 4.80. The van der Waals surface area contributed by atoms with Crippen molar-refractivity contribution in [2.75, 3.05) is 38.7 Å². The molecule has 0 bridgehead atoms. The van der Waals surface area contributed by atoms with Crippen LogP contribution in [0.1, 0.15) is 17.1 Å². The van der Waals surface area contributed by atoms with Crippen LogP contribution in [0.3, 0.4) is 0 Å². The number of aromatic amines is 1. The van der Waals surface area contributed by atoms with Crippen LogP contribution in [0.2, 0.25) is 0 Å². The fourth-order valence-corrected chi connectivity index (χ4v) is 2.83. The lowest BCUT2D eigenvalue weighted by atomic mass is 10.1. The summed E-state index contributed by atoms with van der Waals surface area (Å²) in [6.07, 6.45) is 1.76. The minimum atomic E-state index is -0.150. The van der Waals surface area contributed by atoms with E-state index < -0.39 is 0 Å². The van der Waals surface area contributed by atoms with E-state index in [1.165, 1.54) is 0 Å². The lowest BCUT2D eigenvalue weighted by Gasteiger charge is -2.27. The molecule has 1 aliphatic rings. The average Bonchev–Trinajstić information content (AvgIpc) is 3.02. The standard InChI is InChI=1S/C18H25N5O2/c1-14-11-19-17(20-14)13-22(2)18(24)21-16-6-4-3-5-15(16)12-23-7-9-25-10-8-23/h3-6,11H,7-10,12-13H2,1-2H3,(H,19,20)(H,21,24). The zero-order valence-electron chi connectivity index (χ0n) is 14.8. The summed E-state index contributed by atoms with van der Waals surface area (Å²) in [5.74, 6) is 0.775. The van der Waals surface area contributed by atoms with Crippen LogP contribution in [-0.4, -0.2) is 59.1 Å². The molecule has 2 heterocycles. The van der Waals surface area contributed by atoms with Gasteiger partial charge >= 0.3 is 6.03 Å². The highest BCUT2D eigenvalue weighted by molar-refractivity contribution is 5.89. The highest BCUT2D eigenvalue weighted by Crippen LogP contribution is 2.18. The molecule has 0 radical (unpaired) electrons. The smallest absolute Gasteiger partial charge is 0.321 e. The molecule has 0 aliphatic carbocycles. The zero-order valence-corrected chi connectivity index (χ0v) is 14.8. The van der Waals surface area contributed by atoms with Crippen LogP contribution in [0.15, 0.2) is 30.5 Å². The van der Waals surface area contributed by atoms with Gasteiger partial charge in [-0.05, 0) is 18.6 Å². The Kier molecular flexibility index (Phi) is 5.67. The van der Waals surface area contributed by atoms with Gasteiger partial charge in [0.05, 0.1) is 19.8 Å². The first kappa shape index (κ1) is 17.4. The molecule has 1 fully saturated rings. The van der Waals surface area contributed by atoms with Crippen molar-refractivity contribution in [3.63, 3.8) is 0 Å². The summed E-state index contributed by atoms with van der Waals surface area (Å²) in [7, 11) is 1.76. The van der Waals surface area contributed by atoms with Gasteiger partial charge in [0.25, 0.3) is 0 Å². The quantitative estimate of drug-likeness (QED) is 0.873. The fourth-order valence-electron chi connectivity index (χ4n) is 2.83. The Hall–Kier alpha value is -2.38. The third-order valence-electron chi connectivity index (χ3n) is 4.25. The van der Waals surface area contributed by atoms with E-state index in [9.17, 15) is 4.79 Å². The maximum Gasteiger partial charge on any atom is 0.321 e. The molecule has 2 aromatic rings. The lowest BCUT2D eigenvalue weighted by molar-refractivity contribution is 0.0342. The first-order valence-corrected chi connectivity index (χ1v) is 8.52. The predicted molar refractivity (Wildman–Crippen MR) is 96.3 cm³/mol. The number of nitrogens with zero attached hydrogens (tertiary/aromatic N) is 3. The second-order valence-electron chi connectivity index (χ2n) is 6.34. The number of para-hydroxylation sites is 1. The molecule has 7 heteroatoms. The van der Waals surface area contributed by atoms with Crippen LogP contribution in [0.4, 0.5) is 10.5 Å². The number of rotatable bonds is 5. The molecule has 0 atom stereocenters. The zero-order chi connectivity index (χ0) is 17.6. The van der Waals surface area contributed by atoms with E-state index in [-0.39, 0.29) is 6.03 Å². The number of benzene rings is 1. The fraction of sp³-hybridized carbons (Fsp3) is 0.444. The molecular formula is C18H25N5O2. The SMILES string of the molecule is Cc1cnc(CN(C)C(=O)Nc2ccccc2CN2CCOCC2)[nH]1. The average molecular weight is 343 g/mol. The van der Waals surface area contributed by atoms with Gasteiger partial charge in [-0.1, -0.05) is 18.2 Å². The number of carbonyl (C=O) groups is 1. The van der Waals surface area contributed by atoms with Crippen LogP contribution in [0.5, 0.6) is 0 Å². The molecule has 0 unspecified atom stereocenters. The minimum absolute atomic E-state index is 0.150. The molecule has 3 rings (SSSR count). The molecule has 1 aromatic heterocycles. The number of aromatic nitrogens is 2. The summed E-state index contributed by atoms with van der Waals surface area (Å²) in [6, 6.07) is 7.79. The van der Waals surface area contributed by atoms with Gasteiger partial charge < -0.3 is 19.9 Å². The first-order chi connectivity index (χ1) is 12.1. The number of hydrogen-bond donors (Lipinski definition) is 2. The number of hydrogen-bond acceptors (Lipinski definition) is 4. The van der Waals surface area contributed by atoms with Crippen LogP contribution in [0.25, 0.3) is 0 Å². The Bertz CT molecular complexity index is 709. The Morgan fingerprint density at radius 3 is 2.84 bits per heavy atom. The second-order valence-corrected chi connectivity index (χ2v) is 6.34. The van der Waals surface area contributed by atoms with Gasteiger partial charge in [0.15, 0.2) is 0 Å². The van der Waals surface area contributed by atoms with Crippen LogP contribution < -0.4 is 5.32 Å².